The van der Waals surface area contributed by atoms with Crippen LogP contribution in [0.2, 0.25) is 0 Å². The number of halogens is 1. The number of nitrogens with zero attached hydrogens (tertiary/aromatic N) is 2. The number of piperidine rings is 1. The van der Waals surface area contributed by atoms with E-state index >= 15 is 0 Å². The molecular weight excluding hydrogens is 344 g/mol. The zero-order valence-electron chi connectivity index (χ0n) is 13.0. The number of ketones is 1. The second-order valence-electron chi connectivity index (χ2n) is 5.69. The minimum absolute atomic E-state index is 0.111. The van der Waals surface area contributed by atoms with E-state index in [1.807, 2.05) is 19.2 Å². The molecule has 118 valence electrons. The Labute approximate surface area is 139 Å². The monoisotopic (exact) mass is 364 g/mol. The van der Waals surface area contributed by atoms with Crippen LogP contribution in [-0.2, 0) is 4.79 Å². The number of benzene rings is 1. The Balaban J connectivity index is 1.92. The SMILES string of the molecule is CN1CCC(N(C)C(=O)/C=C/C(=O)c2ccc(Br)cc2)CC1. The molecule has 22 heavy (non-hydrogen) atoms. The minimum atomic E-state index is -0.155. The molecule has 0 saturated carbocycles. The van der Waals surface area contributed by atoms with Crippen molar-refractivity contribution in [2.24, 2.45) is 0 Å². The lowest BCUT2D eigenvalue weighted by molar-refractivity contribution is -0.127. The van der Waals surface area contributed by atoms with Gasteiger partial charge in [-0.2, -0.15) is 0 Å². The third kappa shape index (κ3) is 4.52. The molecule has 0 aliphatic carbocycles. The van der Waals surface area contributed by atoms with Crippen molar-refractivity contribution < 1.29 is 9.59 Å². The highest BCUT2D eigenvalue weighted by Crippen LogP contribution is 2.15. The summed E-state index contributed by atoms with van der Waals surface area (Å²) in [5.74, 6) is -0.266. The fourth-order valence-electron chi connectivity index (χ4n) is 2.54. The number of likely N-dealkylation sites (tertiary alicyclic amines) is 1. The predicted molar refractivity (Wildman–Crippen MR) is 90.9 cm³/mol. The molecule has 5 heteroatoms. The molecule has 2 rings (SSSR count). The van der Waals surface area contributed by atoms with Crippen LogP contribution in [0.3, 0.4) is 0 Å². The first-order chi connectivity index (χ1) is 10.5. The summed E-state index contributed by atoms with van der Waals surface area (Å²) in [5.41, 5.74) is 0.578. The Kier molecular flexibility index (Phi) is 5.91. The normalized spacial score (nSPS) is 16.9. The van der Waals surface area contributed by atoms with Crippen molar-refractivity contribution in [3.63, 3.8) is 0 Å². The van der Waals surface area contributed by atoms with Crippen molar-refractivity contribution in [3.05, 3.63) is 46.5 Å². The van der Waals surface area contributed by atoms with Crippen molar-refractivity contribution in [1.29, 1.82) is 0 Å². The molecule has 0 aromatic heterocycles. The van der Waals surface area contributed by atoms with Gasteiger partial charge in [-0.25, -0.2) is 0 Å². The number of carbonyl (C=O) groups is 2. The van der Waals surface area contributed by atoms with E-state index in [-0.39, 0.29) is 17.7 Å². The lowest BCUT2D eigenvalue weighted by Gasteiger charge is -2.34. The van der Waals surface area contributed by atoms with Crippen LogP contribution in [0, 0.1) is 0 Å². The van der Waals surface area contributed by atoms with Gasteiger partial charge < -0.3 is 9.80 Å². The number of likely N-dealkylation sites (N-methyl/N-ethyl adjacent to an activating group) is 1. The van der Waals surface area contributed by atoms with Gasteiger partial charge in [0.05, 0.1) is 0 Å². The van der Waals surface area contributed by atoms with E-state index in [2.05, 4.69) is 27.9 Å². The van der Waals surface area contributed by atoms with Gasteiger partial charge in [-0.05, 0) is 63.3 Å². The van der Waals surface area contributed by atoms with E-state index in [0.29, 0.717) is 5.56 Å². The van der Waals surface area contributed by atoms with E-state index in [9.17, 15) is 9.59 Å². The van der Waals surface area contributed by atoms with Gasteiger partial charge in [0.25, 0.3) is 0 Å². The fourth-order valence-corrected chi connectivity index (χ4v) is 2.80. The van der Waals surface area contributed by atoms with E-state index in [1.54, 1.807) is 17.0 Å². The zero-order chi connectivity index (χ0) is 16.1. The van der Waals surface area contributed by atoms with E-state index in [4.69, 9.17) is 0 Å². The molecule has 1 fully saturated rings. The van der Waals surface area contributed by atoms with Crippen molar-refractivity contribution in [1.82, 2.24) is 9.80 Å². The second kappa shape index (κ2) is 7.70. The third-order valence-electron chi connectivity index (χ3n) is 4.09. The highest BCUT2D eigenvalue weighted by molar-refractivity contribution is 9.10. The van der Waals surface area contributed by atoms with E-state index in [1.165, 1.54) is 12.2 Å². The smallest absolute Gasteiger partial charge is 0.246 e. The van der Waals surface area contributed by atoms with Crippen LogP contribution in [0.25, 0.3) is 0 Å². The molecule has 0 spiro atoms. The maximum atomic E-state index is 12.2. The van der Waals surface area contributed by atoms with Gasteiger partial charge in [-0.3, -0.25) is 9.59 Å². The summed E-state index contributed by atoms with van der Waals surface area (Å²) < 4.78 is 0.922. The zero-order valence-corrected chi connectivity index (χ0v) is 14.5. The molecule has 1 amide bonds. The number of allylic oxidation sites excluding steroid dienone is 1. The molecule has 1 aliphatic heterocycles. The quantitative estimate of drug-likeness (QED) is 0.609. The predicted octanol–water partition coefficient (Wildman–Crippen LogP) is 2.74. The highest BCUT2D eigenvalue weighted by Gasteiger charge is 2.22. The lowest BCUT2D eigenvalue weighted by atomic mass is 10.0. The number of hydrogen-bond acceptors (Lipinski definition) is 3. The third-order valence-corrected chi connectivity index (χ3v) is 4.62. The first-order valence-electron chi connectivity index (χ1n) is 7.40. The standard InChI is InChI=1S/C17H21BrN2O2/c1-19-11-9-15(10-12-19)20(2)17(22)8-7-16(21)13-3-5-14(18)6-4-13/h3-8,15H,9-12H2,1-2H3/b8-7+. The van der Waals surface area contributed by atoms with Crippen LogP contribution in [0.5, 0.6) is 0 Å². The number of carbonyl (C=O) groups excluding carboxylic acids is 2. The van der Waals surface area contributed by atoms with Crippen LogP contribution < -0.4 is 0 Å². The molecule has 0 N–H and O–H groups in total. The number of rotatable bonds is 4. The summed E-state index contributed by atoms with van der Waals surface area (Å²) >= 11 is 3.33. The molecular formula is C17H21BrN2O2. The Morgan fingerprint density at radius 2 is 1.77 bits per heavy atom. The molecule has 1 aliphatic rings. The van der Waals surface area contributed by atoms with Crippen LogP contribution in [0.4, 0.5) is 0 Å². The van der Waals surface area contributed by atoms with Gasteiger partial charge in [-0.1, -0.05) is 15.9 Å². The molecule has 1 aromatic rings. The number of hydrogen-bond donors (Lipinski definition) is 0. The average Bonchev–Trinajstić information content (AvgIpc) is 2.53. The topological polar surface area (TPSA) is 40.6 Å². The van der Waals surface area contributed by atoms with Gasteiger partial charge in [0.2, 0.25) is 5.91 Å². The van der Waals surface area contributed by atoms with Crippen LogP contribution in [0.15, 0.2) is 40.9 Å². The first kappa shape index (κ1) is 16.9. The molecule has 4 nitrogen and oxygen atoms in total. The van der Waals surface area contributed by atoms with Crippen molar-refractivity contribution >= 4 is 27.6 Å². The average molecular weight is 365 g/mol. The Hall–Kier alpha value is -1.46. The van der Waals surface area contributed by atoms with Crippen LogP contribution >= 0.6 is 15.9 Å². The summed E-state index contributed by atoms with van der Waals surface area (Å²) in [7, 11) is 3.90. The minimum Gasteiger partial charge on any atom is -0.339 e. The summed E-state index contributed by atoms with van der Waals surface area (Å²) in [5, 5.41) is 0. The van der Waals surface area contributed by atoms with Gasteiger partial charge in [0.1, 0.15) is 0 Å². The summed E-state index contributed by atoms with van der Waals surface area (Å²) in [6.45, 7) is 2.01. The summed E-state index contributed by atoms with van der Waals surface area (Å²) in [6.07, 6.45) is 4.69. The van der Waals surface area contributed by atoms with Crippen molar-refractivity contribution in [2.75, 3.05) is 27.2 Å². The molecule has 0 unspecified atom stereocenters. The van der Waals surface area contributed by atoms with Gasteiger partial charge in [0.15, 0.2) is 5.78 Å². The molecule has 1 saturated heterocycles. The molecule has 1 heterocycles. The van der Waals surface area contributed by atoms with Gasteiger partial charge >= 0.3 is 0 Å². The van der Waals surface area contributed by atoms with E-state index < -0.39 is 0 Å². The van der Waals surface area contributed by atoms with Crippen LogP contribution in [-0.4, -0.2) is 54.7 Å². The Morgan fingerprint density at radius 1 is 1.18 bits per heavy atom. The highest BCUT2D eigenvalue weighted by atomic mass is 79.9. The lowest BCUT2D eigenvalue weighted by Crippen LogP contribution is -2.44. The summed E-state index contributed by atoms with van der Waals surface area (Å²) in [4.78, 5) is 28.2. The van der Waals surface area contributed by atoms with Crippen molar-refractivity contribution in [3.8, 4) is 0 Å². The molecule has 0 atom stereocenters. The first-order valence-corrected chi connectivity index (χ1v) is 8.20. The summed E-state index contributed by atoms with van der Waals surface area (Å²) in [6, 6.07) is 7.36. The Morgan fingerprint density at radius 3 is 2.36 bits per heavy atom. The van der Waals surface area contributed by atoms with E-state index in [0.717, 1.165) is 30.4 Å². The molecule has 0 radical (unpaired) electrons. The Bertz CT molecular complexity index is 561. The fraction of sp³-hybridized carbons (Fsp3) is 0.412. The van der Waals surface area contributed by atoms with Crippen molar-refractivity contribution in [2.45, 2.75) is 18.9 Å². The number of amides is 1. The maximum Gasteiger partial charge on any atom is 0.246 e. The molecule has 0 bridgehead atoms. The maximum absolute atomic E-state index is 12.2. The van der Waals surface area contributed by atoms with Gasteiger partial charge in [0, 0.05) is 29.2 Å². The van der Waals surface area contributed by atoms with Gasteiger partial charge in [-0.15, -0.1) is 0 Å². The molecule has 1 aromatic carbocycles. The second-order valence-corrected chi connectivity index (χ2v) is 6.60. The van der Waals surface area contributed by atoms with Crippen LogP contribution in [0.1, 0.15) is 23.2 Å². The largest absolute Gasteiger partial charge is 0.339 e.